The maximum Gasteiger partial charge on any atom is 0.255 e. The smallest absolute Gasteiger partial charge is 0.255 e. The summed E-state index contributed by atoms with van der Waals surface area (Å²) >= 11 is 0. The van der Waals surface area contributed by atoms with E-state index in [2.05, 4.69) is 20.6 Å². The number of nitrogens with zero attached hydrogens (tertiary/aromatic N) is 1. The highest BCUT2D eigenvalue weighted by atomic mass is 19.1. The van der Waals surface area contributed by atoms with E-state index < -0.39 is 0 Å². The molecule has 0 spiro atoms. The Morgan fingerprint density at radius 1 is 1.00 bits per heavy atom. The van der Waals surface area contributed by atoms with Gasteiger partial charge in [0, 0.05) is 23.7 Å². The second-order valence-corrected chi connectivity index (χ2v) is 6.45. The van der Waals surface area contributed by atoms with Gasteiger partial charge in [0.2, 0.25) is 0 Å². The number of aromatic amines is 1. The lowest BCUT2D eigenvalue weighted by Crippen LogP contribution is -2.22. The van der Waals surface area contributed by atoms with E-state index in [4.69, 9.17) is 0 Å². The van der Waals surface area contributed by atoms with Crippen LogP contribution in [0.3, 0.4) is 0 Å². The molecule has 2 heterocycles. The third kappa shape index (κ3) is 4.14. The number of carbonyl (C=O) groups excluding carboxylic acids is 2. The number of benzene rings is 2. The minimum atomic E-state index is -0.326. The van der Waals surface area contributed by atoms with Gasteiger partial charge in [-0.05, 0) is 35.9 Å². The lowest BCUT2D eigenvalue weighted by Gasteiger charge is -2.07. The number of pyridine rings is 1. The van der Waals surface area contributed by atoms with Crippen molar-refractivity contribution in [3.63, 3.8) is 0 Å². The normalized spacial score (nSPS) is 10.7. The lowest BCUT2D eigenvalue weighted by molar-refractivity contribution is 0.0952. The van der Waals surface area contributed by atoms with Crippen molar-refractivity contribution in [2.75, 3.05) is 5.32 Å². The largest absolute Gasteiger partial charge is 0.348 e. The number of fused-ring (bicyclic) bond motifs is 1. The number of carbonyl (C=O) groups is 2. The zero-order valence-electron chi connectivity index (χ0n) is 15.3. The summed E-state index contributed by atoms with van der Waals surface area (Å²) in [4.78, 5) is 32.2. The summed E-state index contributed by atoms with van der Waals surface area (Å²) in [6.45, 7) is 0.268. The first-order chi connectivity index (χ1) is 14.1. The molecule has 0 atom stereocenters. The minimum absolute atomic E-state index is 0.260. The van der Waals surface area contributed by atoms with Crippen molar-refractivity contribution in [1.29, 1.82) is 0 Å². The molecule has 7 heteroatoms. The van der Waals surface area contributed by atoms with Gasteiger partial charge in [-0.2, -0.15) is 0 Å². The number of anilines is 1. The highest BCUT2D eigenvalue weighted by Gasteiger charge is 2.14. The standard InChI is InChI=1S/C22H17FN4O2/c23-16-8-6-14(7-9-16)11-26-22(29)19-13-25-20-18(19)10-17(12-24-20)27-21(28)15-4-2-1-3-5-15/h1-10,12-13H,11H2,(H,24,25)(H,26,29)(H,27,28). The van der Waals surface area contributed by atoms with E-state index in [-0.39, 0.29) is 24.2 Å². The van der Waals surface area contributed by atoms with Gasteiger partial charge in [0.05, 0.1) is 17.4 Å². The summed E-state index contributed by atoms with van der Waals surface area (Å²) in [6, 6.07) is 16.5. The van der Waals surface area contributed by atoms with Crippen LogP contribution >= 0.6 is 0 Å². The molecule has 0 aliphatic carbocycles. The van der Waals surface area contributed by atoms with Gasteiger partial charge in [-0.15, -0.1) is 0 Å². The Morgan fingerprint density at radius 2 is 1.76 bits per heavy atom. The van der Waals surface area contributed by atoms with Crippen molar-refractivity contribution in [2.24, 2.45) is 0 Å². The van der Waals surface area contributed by atoms with E-state index in [9.17, 15) is 14.0 Å². The number of amides is 2. The van der Waals surface area contributed by atoms with Crippen LogP contribution in [-0.4, -0.2) is 21.8 Å². The number of hydrogen-bond acceptors (Lipinski definition) is 3. The van der Waals surface area contributed by atoms with E-state index in [1.807, 2.05) is 6.07 Å². The van der Waals surface area contributed by atoms with Crippen LogP contribution in [0.15, 0.2) is 73.1 Å². The van der Waals surface area contributed by atoms with Crippen LogP contribution in [0.25, 0.3) is 11.0 Å². The molecule has 29 heavy (non-hydrogen) atoms. The zero-order valence-corrected chi connectivity index (χ0v) is 15.3. The number of rotatable bonds is 5. The van der Waals surface area contributed by atoms with Gasteiger partial charge in [-0.1, -0.05) is 30.3 Å². The van der Waals surface area contributed by atoms with Crippen LogP contribution in [-0.2, 0) is 6.54 Å². The van der Waals surface area contributed by atoms with Crippen molar-refractivity contribution < 1.29 is 14.0 Å². The molecular formula is C22H17FN4O2. The van der Waals surface area contributed by atoms with Crippen molar-refractivity contribution in [2.45, 2.75) is 6.54 Å². The number of nitrogens with one attached hydrogen (secondary N) is 3. The molecule has 0 aliphatic rings. The average Bonchev–Trinajstić information content (AvgIpc) is 3.17. The fourth-order valence-corrected chi connectivity index (χ4v) is 2.93. The molecular weight excluding hydrogens is 371 g/mol. The molecule has 0 saturated carbocycles. The second kappa shape index (κ2) is 7.93. The van der Waals surface area contributed by atoms with Gasteiger partial charge in [-0.25, -0.2) is 9.37 Å². The Labute approximate surface area is 165 Å². The maximum atomic E-state index is 13.0. The molecule has 0 aliphatic heterocycles. The minimum Gasteiger partial charge on any atom is -0.348 e. The van der Waals surface area contributed by atoms with E-state index in [1.165, 1.54) is 18.3 Å². The number of hydrogen-bond donors (Lipinski definition) is 3. The first kappa shape index (κ1) is 18.4. The summed E-state index contributed by atoms with van der Waals surface area (Å²) in [6.07, 6.45) is 3.10. The fraction of sp³-hybridized carbons (Fsp3) is 0.0455. The van der Waals surface area contributed by atoms with Crippen LogP contribution in [0.2, 0.25) is 0 Å². The van der Waals surface area contributed by atoms with Crippen molar-refractivity contribution in [1.82, 2.24) is 15.3 Å². The summed E-state index contributed by atoms with van der Waals surface area (Å²) in [5.41, 5.74) is 2.74. The van der Waals surface area contributed by atoms with Crippen molar-refractivity contribution in [3.8, 4) is 0 Å². The highest BCUT2D eigenvalue weighted by molar-refractivity contribution is 6.08. The third-order valence-corrected chi connectivity index (χ3v) is 4.44. The van der Waals surface area contributed by atoms with Gasteiger partial charge in [0.25, 0.3) is 11.8 Å². The number of H-pyrrole nitrogens is 1. The van der Waals surface area contributed by atoms with Crippen LogP contribution in [0.5, 0.6) is 0 Å². The van der Waals surface area contributed by atoms with Crippen LogP contribution < -0.4 is 10.6 Å². The highest BCUT2D eigenvalue weighted by Crippen LogP contribution is 2.21. The van der Waals surface area contributed by atoms with Gasteiger partial charge in [-0.3, -0.25) is 9.59 Å². The van der Waals surface area contributed by atoms with Crippen LogP contribution in [0.1, 0.15) is 26.3 Å². The molecule has 2 aromatic heterocycles. The maximum absolute atomic E-state index is 13.0. The molecule has 0 fully saturated rings. The summed E-state index contributed by atoms with van der Waals surface area (Å²) < 4.78 is 13.0. The first-order valence-corrected chi connectivity index (χ1v) is 8.96. The average molecular weight is 388 g/mol. The number of halogens is 1. The molecule has 144 valence electrons. The van der Waals surface area contributed by atoms with Gasteiger partial charge in [0.15, 0.2) is 0 Å². The van der Waals surface area contributed by atoms with E-state index in [0.29, 0.717) is 27.8 Å². The van der Waals surface area contributed by atoms with Crippen LogP contribution in [0, 0.1) is 5.82 Å². The molecule has 2 aromatic carbocycles. The summed E-state index contributed by atoms with van der Waals surface area (Å²) in [7, 11) is 0. The van der Waals surface area contributed by atoms with Gasteiger partial charge < -0.3 is 15.6 Å². The molecule has 4 rings (SSSR count). The quantitative estimate of drug-likeness (QED) is 0.485. The lowest BCUT2D eigenvalue weighted by atomic mass is 10.1. The second-order valence-electron chi connectivity index (χ2n) is 6.45. The summed E-state index contributed by atoms with van der Waals surface area (Å²) in [5, 5.41) is 6.18. The van der Waals surface area contributed by atoms with E-state index in [1.54, 1.807) is 48.7 Å². The zero-order chi connectivity index (χ0) is 20.2. The Kier molecular flexibility index (Phi) is 5.03. The monoisotopic (exact) mass is 388 g/mol. The van der Waals surface area contributed by atoms with Gasteiger partial charge >= 0.3 is 0 Å². The molecule has 6 nitrogen and oxygen atoms in total. The predicted octanol–water partition coefficient (Wildman–Crippen LogP) is 3.88. The molecule has 0 saturated heterocycles. The number of aromatic nitrogens is 2. The molecule has 0 bridgehead atoms. The molecule has 2 amide bonds. The van der Waals surface area contributed by atoms with E-state index in [0.717, 1.165) is 5.56 Å². The summed E-state index contributed by atoms with van der Waals surface area (Å²) in [5.74, 6) is -0.883. The Bertz CT molecular complexity index is 1170. The van der Waals surface area contributed by atoms with Crippen molar-refractivity contribution >= 4 is 28.5 Å². The van der Waals surface area contributed by atoms with Crippen LogP contribution in [0.4, 0.5) is 10.1 Å². The molecule has 0 unspecified atom stereocenters. The van der Waals surface area contributed by atoms with Gasteiger partial charge in [0.1, 0.15) is 11.5 Å². The predicted molar refractivity (Wildman–Crippen MR) is 108 cm³/mol. The molecule has 4 aromatic rings. The van der Waals surface area contributed by atoms with E-state index >= 15 is 0 Å². The molecule has 0 radical (unpaired) electrons. The molecule has 3 N–H and O–H groups in total. The third-order valence-electron chi connectivity index (χ3n) is 4.44. The Balaban J connectivity index is 1.51. The first-order valence-electron chi connectivity index (χ1n) is 8.96. The Morgan fingerprint density at radius 3 is 2.52 bits per heavy atom. The topological polar surface area (TPSA) is 86.9 Å². The fourth-order valence-electron chi connectivity index (χ4n) is 2.93. The SMILES string of the molecule is O=C(Nc1cnc2[nH]cc(C(=O)NCc3ccc(F)cc3)c2c1)c1ccccc1. The Hall–Kier alpha value is -4.00. The van der Waals surface area contributed by atoms with Crippen molar-refractivity contribution in [3.05, 3.63) is 95.6 Å².